The summed E-state index contributed by atoms with van der Waals surface area (Å²) in [6.45, 7) is 7.83. The first-order chi connectivity index (χ1) is 10.2. The average Bonchev–Trinajstić information content (AvgIpc) is 2.91. The third-order valence-corrected chi connectivity index (χ3v) is 4.74. The highest BCUT2D eigenvalue weighted by Gasteiger charge is 2.51. The van der Waals surface area contributed by atoms with Crippen LogP contribution in [0.15, 0.2) is 18.2 Å². The molecule has 0 saturated carbocycles. The van der Waals surface area contributed by atoms with Crippen LogP contribution < -0.4 is 11.2 Å². The molecule has 8 heteroatoms. The molecule has 2 heterocycles. The van der Waals surface area contributed by atoms with Crippen LogP contribution in [0.3, 0.4) is 0 Å². The van der Waals surface area contributed by atoms with E-state index in [1.54, 1.807) is 12.1 Å². The van der Waals surface area contributed by atoms with Gasteiger partial charge in [-0.05, 0) is 45.3 Å². The van der Waals surface area contributed by atoms with Crippen molar-refractivity contribution < 1.29 is 13.7 Å². The number of aromatic nitrogens is 2. The number of hydrogen-bond acceptors (Lipinski definition) is 6. The summed E-state index contributed by atoms with van der Waals surface area (Å²) in [6.07, 6.45) is 0. The first kappa shape index (κ1) is 15.4. The largest absolute Gasteiger partial charge is 0.494 e. The third kappa shape index (κ3) is 2.51. The molecule has 1 aromatic carbocycles. The SMILES string of the molecule is CC1(C)OB(c2ccc(-c3nsc(N)n3)c(F)c2)OC1(C)C. The molecule has 0 unspecified atom stereocenters. The van der Waals surface area contributed by atoms with Crippen LogP contribution in [0.2, 0.25) is 0 Å². The molecule has 0 amide bonds. The topological polar surface area (TPSA) is 70.3 Å². The Kier molecular flexibility index (Phi) is 3.50. The molecule has 3 rings (SSSR count). The van der Waals surface area contributed by atoms with E-state index in [9.17, 15) is 4.39 Å². The molecule has 1 fully saturated rings. The molecule has 0 aliphatic carbocycles. The Hall–Kier alpha value is -1.51. The van der Waals surface area contributed by atoms with Crippen LogP contribution >= 0.6 is 11.5 Å². The van der Waals surface area contributed by atoms with Gasteiger partial charge in [0.2, 0.25) is 0 Å². The molecular formula is C14H17BFN3O2S. The molecule has 0 spiro atoms. The van der Waals surface area contributed by atoms with E-state index in [0.29, 0.717) is 22.0 Å². The van der Waals surface area contributed by atoms with Gasteiger partial charge in [0.25, 0.3) is 0 Å². The molecule has 1 aliphatic heterocycles. The van der Waals surface area contributed by atoms with Crippen LogP contribution in [0.1, 0.15) is 27.7 Å². The number of hydrogen-bond donors (Lipinski definition) is 1. The number of nitrogens with zero attached hydrogens (tertiary/aromatic N) is 2. The Morgan fingerprint density at radius 2 is 1.82 bits per heavy atom. The van der Waals surface area contributed by atoms with E-state index in [1.165, 1.54) is 6.07 Å². The molecule has 1 aromatic heterocycles. The van der Waals surface area contributed by atoms with Crippen molar-refractivity contribution in [1.29, 1.82) is 0 Å². The van der Waals surface area contributed by atoms with Gasteiger partial charge >= 0.3 is 7.12 Å². The van der Waals surface area contributed by atoms with E-state index in [4.69, 9.17) is 15.0 Å². The second-order valence-electron chi connectivity index (χ2n) is 6.28. The second kappa shape index (κ2) is 5.01. The molecule has 22 heavy (non-hydrogen) atoms. The van der Waals surface area contributed by atoms with Gasteiger partial charge in [0.1, 0.15) is 5.82 Å². The normalized spacial score (nSPS) is 19.6. The maximum Gasteiger partial charge on any atom is 0.494 e. The first-order valence-corrected chi connectivity index (χ1v) is 7.71. The van der Waals surface area contributed by atoms with E-state index >= 15 is 0 Å². The molecule has 2 N–H and O–H groups in total. The van der Waals surface area contributed by atoms with Crippen LogP contribution in [0.25, 0.3) is 11.4 Å². The van der Waals surface area contributed by atoms with Gasteiger partial charge in [-0.2, -0.15) is 9.36 Å². The zero-order valence-electron chi connectivity index (χ0n) is 12.9. The van der Waals surface area contributed by atoms with Crippen LogP contribution in [0.4, 0.5) is 9.52 Å². The van der Waals surface area contributed by atoms with Gasteiger partial charge in [0.05, 0.1) is 16.8 Å². The lowest BCUT2D eigenvalue weighted by Crippen LogP contribution is -2.41. The van der Waals surface area contributed by atoms with E-state index in [-0.39, 0.29) is 0 Å². The van der Waals surface area contributed by atoms with Crippen molar-refractivity contribution in [1.82, 2.24) is 9.36 Å². The number of halogens is 1. The molecular weight excluding hydrogens is 304 g/mol. The fraction of sp³-hybridized carbons (Fsp3) is 0.429. The minimum Gasteiger partial charge on any atom is -0.399 e. The predicted molar refractivity (Wildman–Crippen MR) is 85.4 cm³/mol. The van der Waals surface area contributed by atoms with Crippen LogP contribution in [-0.4, -0.2) is 27.7 Å². The maximum atomic E-state index is 14.4. The second-order valence-corrected chi connectivity index (χ2v) is 7.07. The van der Waals surface area contributed by atoms with Crippen LogP contribution in [0.5, 0.6) is 0 Å². The fourth-order valence-corrected chi connectivity index (χ4v) is 2.63. The summed E-state index contributed by atoms with van der Waals surface area (Å²) in [5.74, 6) is -0.134. The highest BCUT2D eigenvalue weighted by atomic mass is 32.1. The average molecular weight is 321 g/mol. The first-order valence-electron chi connectivity index (χ1n) is 6.94. The summed E-state index contributed by atoms with van der Waals surface area (Å²) in [5, 5.41) is 0.310. The molecule has 0 atom stereocenters. The van der Waals surface area contributed by atoms with Gasteiger partial charge in [0.15, 0.2) is 11.0 Å². The van der Waals surface area contributed by atoms with Gasteiger partial charge in [0, 0.05) is 11.5 Å². The van der Waals surface area contributed by atoms with Crippen molar-refractivity contribution in [3.8, 4) is 11.4 Å². The van der Waals surface area contributed by atoms with Gasteiger partial charge < -0.3 is 15.0 Å². The van der Waals surface area contributed by atoms with Crippen molar-refractivity contribution in [2.45, 2.75) is 38.9 Å². The minimum absolute atomic E-state index is 0.292. The highest BCUT2D eigenvalue weighted by molar-refractivity contribution is 7.09. The Labute approximate surface area is 133 Å². The summed E-state index contributed by atoms with van der Waals surface area (Å²) < 4.78 is 30.2. The molecule has 1 aliphatic rings. The summed E-state index contributed by atoms with van der Waals surface area (Å²) in [7, 11) is -0.595. The smallest absolute Gasteiger partial charge is 0.399 e. The zero-order chi connectivity index (χ0) is 16.1. The van der Waals surface area contributed by atoms with Crippen molar-refractivity contribution in [3.63, 3.8) is 0 Å². The van der Waals surface area contributed by atoms with Crippen molar-refractivity contribution in [3.05, 3.63) is 24.0 Å². The number of rotatable bonds is 2. The Morgan fingerprint density at radius 3 is 2.32 bits per heavy atom. The standard InChI is InChI=1S/C14H17BFN3O2S/c1-13(2)14(3,4)21-15(20-13)8-5-6-9(10(16)7-8)11-18-12(17)22-19-11/h5-7H,1-4H3,(H2,17,18,19). The van der Waals surface area contributed by atoms with E-state index in [1.807, 2.05) is 27.7 Å². The lowest BCUT2D eigenvalue weighted by molar-refractivity contribution is 0.00578. The fourth-order valence-electron chi connectivity index (χ4n) is 2.18. The van der Waals surface area contributed by atoms with Crippen LogP contribution in [-0.2, 0) is 9.31 Å². The lowest BCUT2D eigenvalue weighted by atomic mass is 9.78. The van der Waals surface area contributed by atoms with Gasteiger partial charge in [-0.25, -0.2) is 4.39 Å². The summed E-state index contributed by atoms with van der Waals surface area (Å²) in [5.41, 5.74) is 5.56. The zero-order valence-corrected chi connectivity index (χ0v) is 13.7. The molecule has 1 saturated heterocycles. The number of nitrogen functional groups attached to an aromatic ring is 1. The highest BCUT2D eigenvalue weighted by Crippen LogP contribution is 2.36. The summed E-state index contributed by atoms with van der Waals surface area (Å²) >= 11 is 1.04. The van der Waals surface area contributed by atoms with Crippen molar-refractivity contribution in [2.24, 2.45) is 0 Å². The van der Waals surface area contributed by atoms with E-state index < -0.39 is 24.1 Å². The molecule has 5 nitrogen and oxygen atoms in total. The number of nitrogens with two attached hydrogens (primary N) is 1. The Bertz CT molecular complexity index is 704. The molecule has 0 radical (unpaired) electrons. The number of benzene rings is 1. The van der Waals surface area contributed by atoms with Gasteiger partial charge in [-0.15, -0.1) is 0 Å². The molecule has 116 valence electrons. The Morgan fingerprint density at radius 1 is 1.18 bits per heavy atom. The number of anilines is 1. The Balaban J connectivity index is 1.90. The predicted octanol–water partition coefficient (Wildman–Crippen LogP) is 2.23. The van der Waals surface area contributed by atoms with Gasteiger partial charge in [-0.3, -0.25) is 0 Å². The monoisotopic (exact) mass is 321 g/mol. The maximum absolute atomic E-state index is 14.4. The lowest BCUT2D eigenvalue weighted by Gasteiger charge is -2.32. The molecule has 0 bridgehead atoms. The quantitative estimate of drug-likeness (QED) is 0.859. The van der Waals surface area contributed by atoms with E-state index in [2.05, 4.69) is 9.36 Å². The summed E-state index contributed by atoms with van der Waals surface area (Å²) in [4.78, 5) is 4.00. The van der Waals surface area contributed by atoms with Crippen molar-refractivity contribution in [2.75, 3.05) is 5.73 Å². The summed E-state index contributed by atoms with van der Waals surface area (Å²) in [6, 6.07) is 4.78. The minimum atomic E-state index is -0.595. The van der Waals surface area contributed by atoms with Crippen molar-refractivity contribution >= 4 is 29.2 Å². The molecule has 2 aromatic rings. The van der Waals surface area contributed by atoms with Gasteiger partial charge in [-0.1, -0.05) is 6.07 Å². The van der Waals surface area contributed by atoms with Crippen LogP contribution in [0, 0.1) is 5.82 Å². The van der Waals surface area contributed by atoms with E-state index in [0.717, 1.165) is 11.5 Å². The third-order valence-electron chi connectivity index (χ3n) is 4.20.